The summed E-state index contributed by atoms with van der Waals surface area (Å²) in [5.74, 6) is 0. The van der Waals surface area contributed by atoms with Gasteiger partial charge >= 0.3 is 35.9 Å². The molecule has 2 unspecified atom stereocenters. The maximum Gasteiger partial charge on any atom is 0.501 e. The smallest absolute Gasteiger partial charge is 0.449 e. The van der Waals surface area contributed by atoms with Gasteiger partial charge in [-0.2, -0.15) is 0 Å². The second-order valence-corrected chi connectivity index (χ2v) is 20.1. The summed E-state index contributed by atoms with van der Waals surface area (Å²) >= 11 is 0. The fourth-order valence-corrected chi connectivity index (χ4v) is 11.9. The predicted octanol–water partition coefficient (Wildman–Crippen LogP) is -0.146. The Morgan fingerprint density at radius 2 is 1.05 bits per heavy atom. The number of carbonyl (C=O) groups is 3. The Hall–Kier alpha value is -2.06. The number of hydrogen-bond acceptors (Lipinski definition) is 19. The molecule has 0 saturated carbocycles. The second-order valence-electron chi connectivity index (χ2n) is 13.2. The van der Waals surface area contributed by atoms with Crippen molar-refractivity contribution in [3.05, 3.63) is 0 Å². The zero-order valence-electron chi connectivity index (χ0n) is 34.3. The third-order valence-electron chi connectivity index (χ3n) is 8.28. The van der Waals surface area contributed by atoms with Crippen molar-refractivity contribution < 1.29 is 89.5 Å². The number of alkyl carbamates (subject to hydrolysis) is 3. The molecule has 22 nitrogen and oxygen atoms in total. The van der Waals surface area contributed by atoms with E-state index in [9.17, 15) is 19.5 Å². The van der Waals surface area contributed by atoms with Crippen LogP contribution in [0.1, 0.15) is 57.8 Å². The monoisotopic (exact) mass is 907 g/mol. The van der Waals surface area contributed by atoms with Gasteiger partial charge in [0.05, 0.1) is 33.0 Å². The van der Waals surface area contributed by atoms with Gasteiger partial charge in [-0.05, 0) is 51.0 Å². The van der Waals surface area contributed by atoms with E-state index in [1.54, 1.807) is 0 Å². The molecule has 2 aliphatic heterocycles. The Kier molecular flexibility index (Phi) is 31.1. The fraction of sp³-hybridized carbons (Fsp3) is 0.912. The van der Waals surface area contributed by atoms with E-state index in [1.165, 1.54) is 0 Å². The number of rotatable bonds is 35. The van der Waals surface area contributed by atoms with Crippen LogP contribution in [0.4, 0.5) is 14.4 Å². The lowest BCUT2D eigenvalue weighted by molar-refractivity contribution is -0.168. The molecular formula is C34H69N3O19Si3. The van der Waals surface area contributed by atoms with Gasteiger partial charge in [-0.3, -0.25) is 0 Å². The number of aliphatic hydroxyl groups excluding tert-OH is 4. The number of carbonyl (C=O) groups excluding carboxylic acids is 3. The molecule has 0 aromatic heterocycles. The molecule has 2 fully saturated rings. The highest BCUT2D eigenvalue weighted by molar-refractivity contribution is 6.61. The first-order chi connectivity index (χ1) is 28.7. The first kappa shape index (κ1) is 53.1. The molecule has 0 aromatic carbocycles. The molecule has 2 atom stereocenters. The molecule has 7 N–H and O–H groups in total. The number of ether oxygens (including phenoxy) is 5. The van der Waals surface area contributed by atoms with Crippen molar-refractivity contribution in [3.63, 3.8) is 0 Å². The quantitative estimate of drug-likeness (QED) is 0.0189. The zero-order chi connectivity index (χ0) is 42.7. The summed E-state index contributed by atoms with van der Waals surface area (Å²) in [5.41, 5.74) is 0. The molecular weight excluding hydrogens is 839 g/mol. The van der Waals surface area contributed by atoms with E-state index in [1.807, 2.05) is 0 Å². The number of hydrogen-bond donors (Lipinski definition) is 7. The van der Waals surface area contributed by atoms with Gasteiger partial charge in [-0.1, -0.05) is 0 Å². The molecule has 0 aromatic rings. The molecule has 2 rings (SSSR count). The van der Waals surface area contributed by atoms with E-state index in [-0.39, 0.29) is 65.9 Å². The molecule has 3 amide bonds. The summed E-state index contributed by atoms with van der Waals surface area (Å²) in [6.07, 6.45) is 0.985. The van der Waals surface area contributed by atoms with Crippen LogP contribution in [0.5, 0.6) is 0 Å². The third kappa shape index (κ3) is 26.8. The average molecular weight is 908 g/mol. The highest BCUT2D eigenvalue weighted by Gasteiger charge is 2.43. The lowest BCUT2D eigenvalue weighted by Gasteiger charge is -2.33. The van der Waals surface area contributed by atoms with Crippen LogP contribution >= 0.6 is 0 Å². The van der Waals surface area contributed by atoms with Crippen molar-refractivity contribution >= 4 is 45.7 Å². The molecule has 59 heavy (non-hydrogen) atoms. The van der Waals surface area contributed by atoms with E-state index in [4.69, 9.17) is 70.0 Å². The first-order valence-electron chi connectivity index (χ1n) is 20.7. The summed E-state index contributed by atoms with van der Waals surface area (Å²) in [4.78, 5) is 35.0. The molecule has 2 saturated heterocycles. The number of amides is 3. The van der Waals surface area contributed by atoms with Crippen LogP contribution in [0.3, 0.4) is 0 Å². The molecule has 0 bridgehead atoms. The van der Waals surface area contributed by atoms with Crippen LogP contribution in [-0.2, 0) is 54.7 Å². The van der Waals surface area contributed by atoms with Gasteiger partial charge in [0.1, 0.15) is 13.2 Å². The topological polar surface area (TPSA) is 279 Å². The van der Waals surface area contributed by atoms with E-state index >= 15 is 0 Å². The lowest BCUT2D eigenvalue weighted by Crippen LogP contribution is -2.50. The summed E-state index contributed by atoms with van der Waals surface area (Å²) in [7, 11) is -7.03. The third-order valence-corrected chi connectivity index (χ3v) is 15.5. The average Bonchev–Trinajstić information content (AvgIpc) is 3.24. The molecule has 2 heterocycles. The van der Waals surface area contributed by atoms with Crippen LogP contribution in [0.15, 0.2) is 0 Å². The Balaban J connectivity index is 1.78. The van der Waals surface area contributed by atoms with Gasteiger partial charge in [0.25, 0.3) is 0 Å². The van der Waals surface area contributed by atoms with E-state index < -0.39 is 58.2 Å². The van der Waals surface area contributed by atoms with Gasteiger partial charge in [0.2, 0.25) is 0 Å². The Morgan fingerprint density at radius 3 is 1.54 bits per heavy atom. The van der Waals surface area contributed by atoms with Crippen LogP contribution in [0, 0.1) is 0 Å². The van der Waals surface area contributed by atoms with Gasteiger partial charge in [0, 0.05) is 90.8 Å². The van der Waals surface area contributed by atoms with Gasteiger partial charge < -0.3 is 91.0 Å². The SMILES string of the molecule is O=C(NCCC[Si]1(OCCCOC(O)CC(OCCCO[Si]2(CCCNC(=O)OCCO)OCCCO2)O[SiH2]CCCNC(=O)OCCCO)OCCCO1)OCCO. The molecule has 25 heteroatoms. The van der Waals surface area contributed by atoms with E-state index in [2.05, 4.69) is 16.0 Å². The van der Waals surface area contributed by atoms with Gasteiger partial charge in [-0.25, -0.2) is 14.4 Å². The molecule has 2 aliphatic rings. The highest BCUT2D eigenvalue weighted by atomic mass is 28.4. The first-order valence-corrected chi connectivity index (χ1v) is 26.1. The zero-order valence-corrected chi connectivity index (χ0v) is 37.7. The Morgan fingerprint density at radius 1 is 0.576 bits per heavy atom. The van der Waals surface area contributed by atoms with E-state index in [0.29, 0.717) is 103 Å². The molecule has 0 radical (unpaired) electrons. The van der Waals surface area contributed by atoms with Crippen LogP contribution in [0.25, 0.3) is 0 Å². The van der Waals surface area contributed by atoms with Gasteiger partial charge in [-0.15, -0.1) is 0 Å². The minimum atomic E-state index is -2.96. The lowest BCUT2D eigenvalue weighted by atomic mass is 10.4. The van der Waals surface area contributed by atoms with Crippen molar-refractivity contribution in [2.45, 2.75) is 88.5 Å². The summed E-state index contributed by atoms with van der Waals surface area (Å²) in [5, 5.41) is 45.1. The maximum absolute atomic E-state index is 11.7. The summed E-state index contributed by atoms with van der Waals surface area (Å²) in [6.45, 7) is 3.62. The second kappa shape index (κ2) is 34.5. The predicted molar refractivity (Wildman–Crippen MR) is 214 cm³/mol. The minimum absolute atomic E-state index is 0.0550. The van der Waals surface area contributed by atoms with Crippen molar-refractivity contribution in [2.24, 2.45) is 0 Å². The fourth-order valence-electron chi connectivity index (χ4n) is 5.42. The molecule has 346 valence electrons. The van der Waals surface area contributed by atoms with Crippen molar-refractivity contribution in [1.82, 2.24) is 16.0 Å². The number of aliphatic hydroxyl groups is 4. The Bertz CT molecular complexity index is 1080. The summed E-state index contributed by atoms with van der Waals surface area (Å²) in [6, 6.07) is 1.73. The molecule has 0 spiro atoms. The van der Waals surface area contributed by atoms with Crippen molar-refractivity contribution in [3.8, 4) is 0 Å². The van der Waals surface area contributed by atoms with Crippen LogP contribution < -0.4 is 16.0 Å². The van der Waals surface area contributed by atoms with Crippen LogP contribution in [0.2, 0.25) is 18.1 Å². The largest absolute Gasteiger partial charge is 0.501 e. The highest BCUT2D eigenvalue weighted by Crippen LogP contribution is 2.23. The standard InChI is InChI=1S/C34H69N3O19Si3/c38-12-4-15-47-32(42)35-9-1-26-57-56-31(46-17-6-19-51-59(54-22-8-23-55-59)28-3-11-37-34(44)49-25-14-40)29-30(41)45-16-5-18-50-58(52-20-7-21-53-58)27-2-10-36-33(43)48-24-13-39/h30-31,38-41H,1-29,57H2,(H,35,42)(H,36,43)(H,37,44). The Labute approximate surface area is 351 Å². The normalized spacial score (nSPS) is 17.3. The maximum atomic E-state index is 11.7. The van der Waals surface area contributed by atoms with E-state index in [0.717, 1.165) is 18.9 Å². The van der Waals surface area contributed by atoms with Crippen molar-refractivity contribution in [1.29, 1.82) is 0 Å². The summed E-state index contributed by atoms with van der Waals surface area (Å²) < 4.78 is 68.6. The van der Waals surface area contributed by atoms with Crippen molar-refractivity contribution in [2.75, 3.05) is 112 Å². The number of nitrogens with one attached hydrogen (secondary N) is 3. The molecule has 0 aliphatic carbocycles. The van der Waals surface area contributed by atoms with Crippen LogP contribution in [-0.4, -0.2) is 191 Å². The van der Waals surface area contributed by atoms with Gasteiger partial charge in [0.15, 0.2) is 22.3 Å². The minimum Gasteiger partial charge on any atom is -0.449 e.